The lowest BCUT2D eigenvalue weighted by Gasteiger charge is -2.10. The van der Waals surface area contributed by atoms with E-state index in [0.717, 1.165) is 0 Å². The van der Waals surface area contributed by atoms with Gasteiger partial charge in [0.05, 0.1) is 17.1 Å². The second-order valence-electron chi connectivity index (χ2n) is 4.58. The summed E-state index contributed by atoms with van der Waals surface area (Å²) in [5.74, 6) is -0.339. The van der Waals surface area contributed by atoms with Crippen LogP contribution in [-0.2, 0) is 4.79 Å². The highest BCUT2D eigenvalue weighted by molar-refractivity contribution is 6.34. The van der Waals surface area contributed by atoms with Crippen LogP contribution in [0.4, 0.5) is 5.69 Å². The number of rotatable bonds is 5. The second kappa shape index (κ2) is 6.99. The van der Waals surface area contributed by atoms with E-state index < -0.39 is 5.91 Å². The van der Waals surface area contributed by atoms with Gasteiger partial charge in [0.25, 0.3) is 5.91 Å². The van der Waals surface area contributed by atoms with Crippen LogP contribution in [0.25, 0.3) is 0 Å². The summed E-state index contributed by atoms with van der Waals surface area (Å²) in [6.45, 7) is 4.45. The second-order valence-corrected chi connectivity index (χ2v) is 4.99. The lowest BCUT2D eigenvalue weighted by Crippen LogP contribution is -2.38. The molecule has 4 N–H and O–H groups in total. The van der Waals surface area contributed by atoms with E-state index in [1.165, 1.54) is 0 Å². The lowest BCUT2D eigenvalue weighted by molar-refractivity contribution is -0.120. The zero-order chi connectivity index (χ0) is 14.4. The van der Waals surface area contributed by atoms with Crippen LogP contribution in [0.15, 0.2) is 18.2 Å². The van der Waals surface area contributed by atoms with Crippen molar-refractivity contribution in [2.75, 3.05) is 18.8 Å². The molecule has 1 aromatic carbocycles. The van der Waals surface area contributed by atoms with Gasteiger partial charge < -0.3 is 16.4 Å². The number of anilines is 1. The first-order valence-electron chi connectivity index (χ1n) is 6.00. The van der Waals surface area contributed by atoms with E-state index in [2.05, 4.69) is 10.6 Å². The van der Waals surface area contributed by atoms with Crippen molar-refractivity contribution in [2.24, 2.45) is 5.92 Å². The molecule has 0 aliphatic heterocycles. The fourth-order valence-corrected chi connectivity index (χ4v) is 1.68. The van der Waals surface area contributed by atoms with Crippen molar-refractivity contribution in [2.45, 2.75) is 13.8 Å². The van der Waals surface area contributed by atoms with E-state index in [0.29, 0.717) is 12.5 Å². The number of hydrogen-bond donors (Lipinski definition) is 3. The predicted molar refractivity (Wildman–Crippen MR) is 76.0 cm³/mol. The molecule has 0 saturated heterocycles. The third kappa shape index (κ3) is 4.79. The zero-order valence-electron chi connectivity index (χ0n) is 11.0. The quantitative estimate of drug-likeness (QED) is 0.715. The van der Waals surface area contributed by atoms with E-state index >= 15 is 0 Å². The Morgan fingerprint density at radius 3 is 2.58 bits per heavy atom. The van der Waals surface area contributed by atoms with Crippen LogP contribution in [0.3, 0.4) is 0 Å². The third-order valence-electron chi connectivity index (χ3n) is 2.39. The van der Waals surface area contributed by atoms with Gasteiger partial charge in [0, 0.05) is 12.2 Å². The minimum absolute atomic E-state index is 0.101. The highest BCUT2D eigenvalue weighted by Crippen LogP contribution is 2.21. The number of hydrogen-bond acceptors (Lipinski definition) is 3. The molecule has 0 unspecified atom stereocenters. The maximum atomic E-state index is 11.9. The molecule has 1 aromatic rings. The van der Waals surface area contributed by atoms with Gasteiger partial charge in [-0.2, -0.15) is 0 Å². The van der Waals surface area contributed by atoms with Gasteiger partial charge in [-0.3, -0.25) is 9.59 Å². The zero-order valence-corrected chi connectivity index (χ0v) is 11.8. The summed E-state index contributed by atoms with van der Waals surface area (Å²) in [5.41, 5.74) is 6.16. The Balaban J connectivity index is 2.54. The average molecular weight is 284 g/mol. The number of carbonyl (C=O) groups is 2. The topological polar surface area (TPSA) is 84.2 Å². The Kier molecular flexibility index (Phi) is 5.63. The van der Waals surface area contributed by atoms with Gasteiger partial charge in [-0.05, 0) is 18.1 Å². The molecular formula is C13H18ClN3O2. The highest BCUT2D eigenvalue weighted by Gasteiger charge is 2.14. The van der Waals surface area contributed by atoms with Gasteiger partial charge in [-0.15, -0.1) is 0 Å². The largest absolute Gasteiger partial charge is 0.398 e. The molecule has 0 bridgehead atoms. The van der Waals surface area contributed by atoms with Crippen LogP contribution < -0.4 is 16.4 Å². The normalized spacial score (nSPS) is 10.3. The van der Waals surface area contributed by atoms with Gasteiger partial charge in [0.2, 0.25) is 5.91 Å². The first kappa shape index (κ1) is 15.3. The van der Waals surface area contributed by atoms with Crippen LogP contribution in [-0.4, -0.2) is 24.9 Å². The highest BCUT2D eigenvalue weighted by atomic mass is 35.5. The van der Waals surface area contributed by atoms with Crippen molar-refractivity contribution in [1.82, 2.24) is 10.6 Å². The molecule has 6 heteroatoms. The van der Waals surface area contributed by atoms with Gasteiger partial charge in [-0.1, -0.05) is 31.5 Å². The smallest absolute Gasteiger partial charge is 0.255 e. The summed E-state index contributed by atoms with van der Waals surface area (Å²) in [6, 6.07) is 4.81. The number of carbonyl (C=O) groups excluding carboxylic acids is 2. The van der Waals surface area contributed by atoms with Gasteiger partial charge >= 0.3 is 0 Å². The van der Waals surface area contributed by atoms with Crippen LogP contribution in [0.1, 0.15) is 24.2 Å². The summed E-state index contributed by atoms with van der Waals surface area (Å²) >= 11 is 5.90. The number of halogens is 1. The molecule has 0 aliphatic carbocycles. The Hall–Kier alpha value is -1.75. The monoisotopic (exact) mass is 283 g/mol. The van der Waals surface area contributed by atoms with Crippen molar-refractivity contribution in [3.8, 4) is 0 Å². The molecule has 0 aliphatic rings. The summed E-state index contributed by atoms with van der Waals surface area (Å²) in [5, 5.41) is 5.45. The van der Waals surface area contributed by atoms with Crippen molar-refractivity contribution < 1.29 is 9.59 Å². The molecule has 19 heavy (non-hydrogen) atoms. The lowest BCUT2D eigenvalue weighted by atomic mass is 10.1. The number of amides is 2. The third-order valence-corrected chi connectivity index (χ3v) is 2.70. The van der Waals surface area contributed by atoms with Crippen LogP contribution in [0, 0.1) is 5.92 Å². The summed E-state index contributed by atoms with van der Waals surface area (Å²) in [4.78, 5) is 23.3. The van der Waals surface area contributed by atoms with Gasteiger partial charge in [0.15, 0.2) is 0 Å². The van der Waals surface area contributed by atoms with E-state index in [1.54, 1.807) is 18.2 Å². The molecule has 2 amide bonds. The molecule has 0 radical (unpaired) electrons. The first-order chi connectivity index (χ1) is 8.91. The van der Waals surface area contributed by atoms with Crippen LogP contribution in [0.5, 0.6) is 0 Å². The van der Waals surface area contributed by atoms with Crippen molar-refractivity contribution in [3.63, 3.8) is 0 Å². The summed E-state index contributed by atoms with van der Waals surface area (Å²) in [6.07, 6.45) is 0. The number of benzene rings is 1. The molecule has 0 heterocycles. The number of nitrogen functional groups attached to an aromatic ring is 1. The van der Waals surface area contributed by atoms with Crippen LogP contribution in [0.2, 0.25) is 5.02 Å². The van der Waals surface area contributed by atoms with Gasteiger partial charge in [0.1, 0.15) is 0 Å². The average Bonchev–Trinajstić information content (AvgIpc) is 2.33. The Bertz CT molecular complexity index is 455. The first-order valence-corrected chi connectivity index (χ1v) is 6.38. The predicted octanol–water partition coefficient (Wildman–Crippen LogP) is 1.42. The minimum atomic E-state index is -0.456. The molecule has 0 atom stereocenters. The number of nitrogens with two attached hydrogens (primary N) is 1. The van der Waals surface area contributed by atoms with E-state index in [9.17, 15) is 9.59 Å². The summed E-state index contributed by atoms with van der Waals surface area (Å²) < 4.78 is 0. The molecular weight excluding hydrogens is 266 g/mol. The molecule has 104 valence electrons. The fourth-order valence-electron chi connectivity index (χ4n) is 1.41. The van der Waals surface area contributed by atoms with E-state index in [4.69, 9.17) is 17.3 Å². The molecule has 0 fully saturated rings. The maximum absolute atomic E-state index is 11.9. The fraction of sp³-hybridized carbons (Fsp3) is 0.385. The van der Waals surface area contributed by atoms with Crippen molar-refractivity contribution in [3.05, 3.63) is 28.8 Å². The molecule has 0 aromatic heterocycles. The van der Waals surface area contributed by atoms with Crippen molar-refractivity contribution in [1.29, 1.82) is 0 Å². The standard InChI is InChI=1S/C13H18ClN3O2/c1-8(2)6-16-11(18)7-17-13(19)12-9(14)4-3-5-10(12)15/h3-5,8H,6-7,15H2,1-2H3,(H,16,18)(H,17,19). The minimum Gasteiger partial charge on any atom is -0.398 e. The van der Waals surface area contributed by atoms with Gasteiger partial charge in [-0.25, -0.2) is 0 Å². The van der Waals surface area contributed by atoms with E-state index in [-0.39, 0.29) is 28.7 Å². The molecule has 5 nitrogen and oxygen atoms in total. The molecule has 1 rings (SSSR count). The Morgan fingerprint density at radius 2 is 2.00 bits per heavy atom. The number of nitrogens with one attached hydrogen (secondary N) is 2. The van der Waals surface area contributed by atoms with Crippen LogP contribution >= 0.6 is 11.6 Å². The Morgan fingerprint density at radius 1 is 1.32 bits per heavy atom. The molecule has 0 saturated carbocycles. The molecule has 0 spiro atoms. The van der Waals surface area contributed by atoms with E-state index in [1.807, 2.05) is 13.8 Å². The summed E-state index contributed by atoms with van der Waals surface area (Å²) in [7, 11) is 0. The Labute approximate surface area is 117 Å². The SMILES string of the molecule is CC(C)CNC(=O)CNC(=O)c1c(N)cccc1Cl. The van der Waals surface area contributed by atoms with Crippen molar-refractivity contribution >= 4 is 29.1 Å². The maximum Gasteiger partial charge on any atom is 0.255 e.